The van der Waals surface area contributed by atoms with E-state index in [1.54, 1.807) is 0 Å². The van der Waals surface area contributed by atoms with Crippen molar-refractivity contribution < 1.29 is 14.2 Å². The van der Waals surface area contributed by atoms with Crippen LogP contribution in [-0.4, -0.2) is 31.2 Å². The number of hydrogen-bond acceptors (Lipinski definition) is 3. The number of ether oxygens (including phenoxy) is 3. The first kappa shape index (κ1) is 8.97. The molecule has 0 aromatic heterocycles. The molecule has 2 aliphatic carbocycles. The van der Waals surface area contributed by atoms with E-state index in [2.05, 4.69) is 6.92 Å². The number of rotatable bonds is 1. The summed E-state index contributed by atoms with van der Waals surface area (Å²) >= 11 is 0. The lowest BCUT2D eigenvalue weighted by atomic mass is 9.53. The highest BCUT2D eigenvalue weighted by atomic mass is 16.7. The molecule has 0 bridgehead atoms. The van der Waals surface area contributed by atoms with Crippen molar-refractivity contribution >= 4 is 0 Å². The van der Waals surface area contributed by atoms with Gasteiger partial charge in [-0.25, -0.2) is 0 Å². The van der Waals surface area contributed by atoms with Crippen LogP contribution in [0.15, 0.2) is 0 Å². The van der Waals surface area contributed by atoms with Crippen LogP contribution in [0.1, 0.15) is 26.2 Å². The van der Waals surface area contributed by atoms with Crippen molar-refractivity contribution in [2.45, 2.75) is 44.2 Å². The van der Waals surface area contributed by atoms with Gasteiger partial charge in [-0.3, -0.25) is 0 Å². The van der Waals surface area contributed by atoms with E-state index >= 15 is 0 Å². The second kappa shape index (κ2) is 2.76. The third-order valence-electron chi connectivity index (χ3n) is 4.90. The Morgan fingerprint density at radius 3 is 2.73 bits per heavy atom. The van der Waals surface area contributed by atoms with Crippen molar-refractivity contribution in [1.29, 1.82) is 0 Å². The van der Waals surface area contributed by atoms with Gasteiger partial charge in [-0.2, -0.15) is 0 Å². The van der Waals surface area contributed by atoms with Gasteiger partial charge in [0, 0.05) is 17.8 Å². The summed E-state index contributed by atoms with van der Waals surface area (Å²) in [6.45, 7) is 3.82. The Kier molecular flexibility index (Phi) is 1.65. The standard InChI is InChI=1S/C12H18O3/c1-2-7-10-8(3-4-9-11(10)15-9)12(7)13-5-6-14-12/h7-11H,2-6H2,1H3. The average molecular weight is 210 g/mol. The SMILES string of the molecule is CCC1C2C3OC3CCC2C12OCCO2. The van der Waals surface area contributed by atoms with Gasteiger partial charge in [0.2, 0.25) is 0 Å². The van der Waals surface area contributed by atoms with E-state index in [9.17, 15) is 0 Å². The summed E-state index contributed by atoms with van der Waals surface area (Å²) in [6, 6.07) is 0. The molecule has 0 aromatic rings. The molecule has 2 saturated heterocycles. The molecule has 3 nitrogen and oxygen atoms in total. The summed E-state index contributed by atoms with van der Waals surface area (Å²) in [4.78, 5) is 0. The molecule has 4 rings (SSSR count). The highest BCUT2D eigenvalue weighted by molar-refractivity contribution is 5.15. The van der Waals surface area contributed by atoms with Gasteiger partial charge in [-0.15, -0.1) is 0 Å². The molecule has 0 aromatic carbocycles. The van der Waals surface area contributed by atoms with E-state index in [1.807, 2.05) is 0 Å². The fourth-order valence-corrected chi connectivity index (χ4v) is 4.32. The maximum absolute atomic E-state index is 5.94. The molecule has 0 radical (unpaired) electrons. The van der Waals surface area contributed by atoms with Gasteiger partial charge in [-0.1, -0.05) is 6.92 Å². The van der Waals surface area contributed by atoms with E-state index in [0.29, 0.717) is 24.0 Å². The summed E-state index contributed by atoms with van der Waals surface area (Å²) in [5.74, 6) is 1.73. The van der Waals surface area contributed by atoms with Crippen LogP contribution in [0.3, 0.4) is 0 Å². The van der Waals surface area contributed by atoms with Crippen LogP contribution in [0.5, 0.6) is 0 Å². The van der Waals surface area contributed by atoms with Crippen molar-refractivity contribution in [1.82, 2.24) is 0 Å². The van der Waals surface area contributed by atoms with Crippen LogP contribution < -0.4 is 0 Å². The molecule has 5 unspecified atom stereocenters. The largest absolute Gasteiger partial charge is 0.369 e. The Bertz CT molecular complexity index is 277. The summed E-state index contributed by atoms with van der Waals surface area (Å²) in [5.41, 5.74) is 0. The van der Waals surface area contributed by atoms with Crippen molar-refractivity contribution in [3.8, 4) is 0 Å². The van der Waals surface area contributed by atoms with Gasteiger partial charge in [0.15, 0.2) is 5.79 Å². The Morgan fingerprint density at radius 2 is 2.00 bits per heavy atom. The second-order valence-corrected chi connectivity index (χ2v) is 5.33. The van der Waals surface area contributed by atoms with E-state index in [-0.39, 0.29) is 5.79 Å². The van der Waals surface area contributed by atoms with E-state index < -0.39 is 0 Å². The van der Waals surface area contributed by atoms with E-state index in [4.69, 9.17) is 14.2 Å². The molecule has 2 aliphatic heterocycles. The second-order valence-electron chi connectivity index (χ2n) is 5.33. The van der Waals surface area contributed by atoms with Crippen molar-refractivity contribution in [3.63, 3.8) is 0 Å². The summed E-state index contributed by atoms with van der Waals surface area (Å²) < 4.78 is 17.6. The maximum Gasteiger partial charge on any atom is 0.174 e. The lowest BCUT2D eigenvalue weighted by Gasteiger charge is -2.58. The number of hydrogen-bond donors (Lipinski definition) is 0. The Balaban J connectivity index is 1.65. The molecular formula is C12H18O3. The third kappa shape index (κ3) is 0.931. The van der Waals surface area contributed by atoms with Gasteiger partial charge in [0.25, 0.3) is 0 Å². The van der Waals surface area contributed by atoms with Gasteiger partial charge in [-0.05, 0) is 19.3 Å². The fourth-order valence-electron chi connectivity index (χ4n) is 4.32. The Morgan fingerprint density at radius 1 is 1.20 bits per heavy atom. The lowest BCUT2D eigenvalue weighted by Crippen LogP contribution is -2.65. The molecule has 2 saturated carbocycles. The van der Waals surface area contributed by atoms with Crippen LogP contribution in [0, 0.1) is 17.8 Å². The summed E-state index contributed by atoms with van der Waals surface area (Å²) in [6.07, 6.45) is 4.75. The van der Waals surface area contributed by atoms with Crippen molar-refractivity contribution in [2.75, 3.05) is 13.2 Å². The quantitative estimate of drug-likeness (QED) is 0.615. The zero-order valence-corrected chi connectivity index (χ0v) is 9.15. The van der Waals surface area contributed by atoms with Crippen LogP contribution in [0.2, 0.25) is 0 Å². The predicted octanol–water partition coefficient (Wildman–Crippen LogP) is 1.56. The van der Waals surface area contributed by atoms with Gasteiger partial charge in [0.05, 0.1) is 25.4 Å². The normalized spacial score (nSPS) is 54.6. The zero-order valence-electron chi connectivity index (χ0n) is 9.15. The number of epoxide rings is 1. The minimum atomic E-state index is -0.198. The van der Waals surface area contributed by atoms with E-state index in [0.717, 1.165) is 25.6 Å². The highest BCUT2D eigenvalue weighted by Crippen LogP contribution is 2.64. The summed E-state index contributed by atoms with van der Waals surface area (Å²) in [7, 11) is 0. The highest BCUT2D eigenvalue weighted by Gasteiger charge is 2.72. The Labute approximate surface area is 90.1 Å². The van der Waals surface area contributed by atoms with Crippen LogP contribution in [0.25, 0.3) is 0 Å². The molecule has 84 valence electrons. The average Bonchev–Trinajstić information content (AvgIpc) is 2.83. The van der Waals surface area contributed by atoms with Crippen LogP contribution in [0.4, 0.5) is 0 Å². The molecule has 1 spiro atoms. The Hall–Kier alpha value is -0.120. The molecule has 0 N–H and O–H groups in total. The first-order valence-electron chi connectivity index (χ1n) is 6.30. The van der Waals surface area contributed by atoms with E-state index in [1.165, 1.54) is 12.8 Å². The van der Waals surface area contributed by atoms with Gasteiger partial charge < -0.3 is 14.2 Å². The van der Waals surface area contributed by atoms with Gasteiger partial charge >= 0.3 is 0 Å². The molecular weight excluding hydrogens is 192 g/mol. The van der Waals surface area contributed by atoms with Crippen LogP contribution in [-0.2, 0) is 14.2 Å². The first-order chi connectivity index (χ1) is 7.37. The topological polar surface area (TPSA) is 31.0 Å². The predicted molar refractivity (Wildman–Crippen MR) is 53.3 cm³/mol. The number of fused-ring (bicyclic) bond motifs is 4. The molecule has 4 fully saturated rings. The minimum absolute atomic E-state index is 0.198. The van der Waals surface area contributed by atoms with Crippen LogP contribution >= 0.6 is 0 Å². The summed E-state index contributed by atoms with van der Waals surface area (Å²) in [5, 5.41) is 0. The van der Waals surface area contributed by atoms with Crippen molar-refractivity contribution in [2.24, 2.45) is 17.8 Å². The smallest absolute Gasteiger partial charge is 0.174 e. The lowest BCUT2D eigenvalue weighted by molar-refractivity contribution is -0.327. The molecule has 3 heteroatoms. The molecule has 0 amide bonds. The maximum atomic E-state index is 5.94. The van der Waals surface area contributed by atoms with Gasteiger partial charge in [0.1, 0.15) is 0 Å². The fraction of sp³-hybridized carbons (Fsp3) is 1.00. The first-order valence-corrected chi connectivity index (χ1v) is 6.30. The molecule has 15 heavy (non-hydrogen) atoms. The minimum Gasteiger partial charge on any atom is -0.369 e. The third-order valence-corrected chi connectivity index (χ3v) is 4.90. The van der Waals surface area contributed by atoms with Crippen molar-refractivity contribution in [3.05, 3.63) is 0 Å². The molecule has 5 atom stereocenters. The monoisotopic (exact) mass is 210 g/mol. The molecule has 2 heterocycles. The molecule has 4 aliphatic rings. The zero-order chi connectivity index (χ0) is 10.0.